The molecule has 0 aliphatic rings. The predicted molar refractivity (Wildman–Crippen MR) is 81.3 cm³/mol. The van der Waals surface area contributed by atoms with Gasteiger partial charge < -0.3 is 5.32 Å². The first-order chi connectivity index (χ1) is 9.97. The lowest BCUT2D eigenvalue weighted by atomic mass is 10.1. The third-order valence-corrected chi connectivity index (χ3v) is 3.36. The van der Waals surface area contributed by atoms with Crippen LogP contribution in [0.1, 0.15) is 12.5 Å². The van der Waals surface area contributed by atoms with Crippen LogP contribution in [0.2, 0.25) is 5.02 Å². The topological polar surface area (TPSA) is 55.2 Å². The molecule has 1 N–H and O–H groups in total. The van der Waals surface area contributed by atoms with E-state index in [1.165, 1.54) is 18.2 Å². The number of halogens is 2. The Hall–Kier alpha value is -2.14. The van der Waals surface area contributed by atoms with Gasteiger partial charge in [0.15, 0.2) is 0 Å². The molecular formula is C15H14ClFN2O2. The summed E-state index contributed by atoms with van der Waals surface area (Å²) in [5.74, 6) is -0.249. The molecule has 0 aliphatic heterocycles. The van der Waals surface area contributed by atoms with E-state index in [0.29, 0.717) is 17.7 Å². The largest absolute Gasteiger partial charge is 0.381 e. The fourth-order valence-corrected chi connectivity index (χ4v) is 2.27. The molecule has 0 saturated heterocycles. The summed E-state index contributed by atoms with van der Waals surface area (Å²) in [6.07, 6.45) is 0.486. The van der Waals surface area contributed by atoms with E-state index in [0.717, 1.165) is 0 Å². The standard InChI is InChI=1S/C15H14ClFN2O2/c1-10(8-11-4-2-3-5-14(11)17)18-15-7-6-12(19(20)21)9-13(15)16/h2-7,9-10,18H,8H2,1H3. The van der Waals surface area contributed by atoms with Gasteiger partial charge in [0, 0.05) is 18.2 Å². The molecule has 2 aromatic rings. The van der Waals surface area contributed by atoms with Crippen molar-refractivity contribution >= 4 is 23.0 Å². The number of nitro groups is 1. The van der Waals surface area contributed by atoms with Gasteiger partial charge in [0.05, 0.1) is 15.6 Å². The Morgan fingerprint density at radius 1 is 1.33 bits per heavy atom. The van der Waals surface area contributed by atoms with Gasteiger partial charge in [0.25, 0.3) is 5.69 Å². The van der Waals surface area contributed by atoms with Crippen LogP contribution in [0.15, 0.2) is 42.5 Å². The zero-order valence-electron chi connectivity index (χ0n) is 11.3. The predicted octanol–water partition coefficient (Wildman–Crippen LogP) is 4.43. The highest BCUT2D eigenvalue weighted by Gasteiger charge is 2.12. The van der Waals surface area contributed by atoms with Gasteiger partial charge in [-0.05, 0) is 31.0 Å². The van der Waals surface area contributed by atoms with Crippen molar-refractivity contribution in [2.45, 2.75) is 19.4 Å². The molecule has 0 aliphatic carbocycles. The summed E-state index contributed by atoms with van der Waals surface area (Å²) in [5.41, 5.74) is 1.13. The molecule has 4 nitrogen and oxygen atoms in total. The number of hydrogen-bond acceptors (Lipinski definition) is 3. The Bertz CT molecular complexity index is 664. The van der Waals surface area contributed by atoms with Crippen molar-refractivity contribution in [3.8, 4) is 0 Å². The number of nitrogens with one attached hydrogen (secondary N) is 1. The number of rotatable bonds is 5. The first kappa shape index (κ1) is 15.3. The number of non-ortho nitro benzene ring substituents is 1. The van der Waals surface area contributed by atoms with Crippen LogP contribution < -0.4 is 5.32 Å². The smallest absolute Gasteiger partial charge is 0.271 e. The highest BCUT2D eigenvalue weighted by Crippen LogP contribution is 2.27. The zero-order chi connectivity index (χ0) is 15.4. The molecule has 110 valence electrons. The highest BCUT2D eigenvalue weighted by atomic mass is 35.5. The second kappa shape index (κ2) is 6.54. The van der Waals surface area contributed by atoms with Gasteiger partial charge in [-0.1, -0.05) is 29.8 Å². The maximum atomic E-state index is 13.6. The van der Waals surface area contributed by atoms with Gasteiger partial charge >= 0.3 is 0 Å². The van der Waals surface area contributed by atoms with Crippen molar-refractivity contribution in [3.63, 3.8) is 0 Å². The van der Waals surface area contributed by atoms with Crippen LogP contribution in [-0.2, 0) is 6.42 Å². The Labute approximate surface area is 126 Å². The average Bonchev–Trinajstić information content (AvgIpc) is 2.43. The summed E-state index contributed by atoms with van der Waals surface area (Å²) in [5, 5.41) is 14.0. The third-order valence-electron chi connectivity index (χ3n) is 3.05. The normalized spacial score (nSPS) is 12.0. The van der Waals surface area contributed by atoms with Crippen LogP contribution >= 0.6 is 11.6 Å². The lowest BCUT2D eigenvalue weighted by Gasteiger charge is -2.16. The Morgan fingerprint density at radius 3 is 2.67 bits per heavy atom. The van der Waals surface area contributed by atoms with E-state index in [2.05, 4.69) is 5.32 Å². The minimum Gasteiger partial charge on any atom is -0.381 e. The molecule has 0 amide bonds. The molecule has 21 heavy (non-hydrogen) atoms. The second-order valence-corrected chi connectivity index (χ2v) is 5.17. The number of hydrogen-bond donors (Lipinski definition) is 1. The van der Waals surface area contributed by atoms with Gasteiger partial charge in [-0.2, -0.15) is 0 Å². The molecule has 0 saturated carbocycles. The minimum atomic E-state index is -0.502. The van der Waals surface area contributed by atoms with E-state index in [1.54, 1.807) is 24.3 Å². The number of nitrogens with zero attached hydrogens (tertiary/aromatic N) is 1. The molecule has 2 rings (SSSR count). The first-order valence-corrected chi connectivity index (χ1v) is 6.79. The summed E-state index contributed by atoms with van der Waals surface area (Å²) in [6.45, 7) is 1.89. The summed E-state index contributed by atoms with van der Waals surface area (Å²) < 4.78 is 13.6. The maximum absolute atomic E-state index is 13.6. The Balaban J connectivity index is 2.08. The van der Waals surface area contributed by atoms with E-state index >= 15 is 0 Å². The van der Waals surface area contributed by atoms with Gasteiger partial charge in [0.1, 0.15) is 5.82 Å². The quantitative estimate of drug-likeness (QED) is 0.656. The van der Waals surface area contributed by atoms with Crippen molar-refractivity contribution in [2.24, 2.45) is 0 Å². The van der Waals surface area contributed by atoms with Crippen LogP contribution in [-0.4, -0.2) is 11.0 Å². The van der Waals surface area contributed by atoms with Crippen LogP contribution in [0.4, 0.5) is 15.8 Å². The molecule has 0 heterocycles. The molecule has 0 radical (unpaired) electrons. The summed E-state index contributed by atoms with van der Waals surface area (Å²) in [6, 6.07) is 10.7. The van der Waals surface area contributed by atoms with E-state index in [4.69, 9.17) is 11.6 Å². The first-order valence-electron chi connectivity index (χ1n) is 6.41. The fourth-order valence-electron chi connectivity index (χ4n) is 2.04. The van der Waals surface area contributed by atoms with Crippen LogP contribution in [0.25, 0.3) is 0 Å². The Morgan fingerprint density at radius 2 is 2.05 bits per heavy atom. The van der Waals surface area contributed by atoms with Crippen molar-refractivity contribution in [1.29, 1.82) is 0 Å². The Kier molecular flexibility index (Phi) is 4.75. The minimum absolute atomic E-state index is 0.0627. The van der Waals surface area contributed by atoms with Crippen molar-refractivity contribution < 1.29 is 9.31 Å². The molecule has 0 bridgehead atoms. The molecule has 1 atom stereocenters. The number of nitro benzene ring substituents is 1. The van der Waals surface area contributed by atoms with E-state index in [9.17, 15) is 14.5 Å². The molecule has 0 aromatic heterocycles. The van der Waals surface area contributed by atoms with Gasteiger partial charge in [-0.15, -0.1) is 0 Å². The highest BCUT2D eigenvalue weighted by molar-refractivity contribution is 6.33. The third kappa shape index (κ3) is 3.92. The molecular weight excluding hydrogens is 295 g/mol. The lowest BCUT2D eigenvalue weighted by molar-refractivity contribution is -0.384. The molecule has 6 heteroatoms. The monoisotopic (exact) mass is 308 g/mol. The fraction of sp³-hybridized carbons (Fsp3) is 0.200. The van der Waals surface area contributed by atoms with Gasteiger partial charge in [0.2, 0.25) is 0 Å². The van der Waals surface area contributed by atoms with Crippen LogP contribution in [0.5, 0.6) is 0 Å². The molecule has 1 unspecified atom stereocenters. The van der Waals surface area contributed by atoms with E-state index < -0.39 is 4.92 Å². The van der Waals surface area contributed by atoms with E-state index in [1.807, 2.05) is 6.92 Å². The van der Waals surface area contributed by atoms with Crippen molar-refractivity contribution in [2.75, 3.05) is 5.32 Å². The SMILES string of the molecule is CC(Cc1ccccc1F)Nc1ccc([N+](=O)[O-])cc1Cl. The van der Waals surface area contributed by atoms with Crippen LogP contribution in [0, 0.1) is 15.9 Å². The maximum Gasteiger partial charge on any atom is 0.271 e. The molecule has 2 aromatic carbocycles. The second-order valence-electron chi connectivity index (χ2n) is 4.76. The molecule has 0 fully saturated rings. The summed E-state index contributed by atoms with van der Waals surface area (Å²) in [4.78, 5) is 10.1. The number of benzene rings is 2. The lowest BCUT2D eigenvalue weighted by Crippen LogP contribution is -2.19. The van der Waals surface area contributed by atoms with Gasteiger partial charge in [-0.3, -0.25) is 10.1 Å². The summed E-state index contributed by atoms with van der Waals surface area (Å²) >= 11 is 6.01. The average molecular weight is 309 g/mol. The van der Waals surface area contributed by atoms with Crippen molar-refractivity contribution in [1.82, 2.24) is 0 Å². The van der Waals surface area contributed by atoms with Gasteiger partial charge in [-0.25, -0.2) is 4.39 Å². The zero-order valence-corrected chi connectivity index (χ0v) is 12.1. The van der Waals surface area contributed by atoms with E-state index in [-0.39, 0.29) is 22.6 Å². The van der Waals surface area contributed by atoms with Crippen LogP contribution in [0.3, 0.4) is 0 Å². The summed E-state index contributed by atoms with van der Waals surface area (Å²) in [7, 11) is 0. The number of anilines is 1. The molecule has 0 spiro atoms. The van der Waals surface area contributed by atoms with Crippen molar-refractivity contribution in [3.05, 3.63) is 69.0 Å².